The van der Waals surface area contributed by atoms with Crippen molar-refractivity contribution in [3.8, 4) is 0 Å². The minimum atomic E-state index is -0.232. The Morgan fingerprint density at radius 2 is 1.59 bits per heavy atom. The third-order valence-electron chi connectivity index (χ3n) is 5.24. The van der Waals surface area contributed by atoms with Crippen molar-refractivity contribution < 1.29 is 14.0 Å². The number of rotatable bonds is 7. The van der Waals surface area contributed by atoms with Gasteiger partial charge in [-0.1, -0.05) is 12.1 Å². The molecule has 1 heterocycles. The van der Waals surface area contributed by atoms with Gasteiger partial charge >= 0.3 is 0 Å². The molecular formula is C23H28FN3O2. The van der Waals surface area contributed by atoms with Gasteiger partial charge in [-0.15, -0.1) is 0 Å². The van der Waals surface area contributed by atoms with E-state index in [0.29, 0.717) is 17.7 Å². The topological polar surface area (TPSA) is 52.6 Å². The van der Waals surface area contributed by atoms with E-state index >= 15 is 0 Å². The summed E-state index contributed by atoms with van der Waals surface area (Å²) in [5, 5.41) is 2.88. The molecule has 1 aliphatic heterocycles. The first-order valence-electron chi connectivity index (χ1n) is 10.1. The minimum absolute atomic E-state index is 0.0387. The number of carbonyl (C=O) groups excluding carboxylic acids is 2. The van der Waals surface area contributed by atoms with Gasteiger partial charge in [-0.05, 0) is 68.3 Å². The van der Waals surface area contributed by atoms with Crippen molar-refractivity contribution in [2.45, 2.75) is 25.7 Å². The highest BCUT2D eigenvalue weighted by Gasteiger charge is 2.20. The molecule has 0 spiro atoms. The molecule has 0 aromatic heterocycles. The zero-order valence-electron chi connectivity index (χ0n) is 16.9. The molecule has 0 saturated carbocycles. The van der Waals surface area contributed by atoms with Crippen molar-refractivity contribution >= 4 is 17.5 Å². The standard InChI is InChI=1S/C23H28FN3O2/c1-26-14-16-27(17-15-26)23(29)19-8-12-21(13-9-19)25-22(28)5-3-2-4-18-6-10-20(24)11-7-18/h6-13H,2-5,14-17H2,1H3,(H,25,28). The van der Waals surface area contributed by atoms with Crippen LogP contribution < -0.4 is 5.32 Å². The van der Waals surface area contributed by atoms with Crippen LogP contribution in [0.4, 0.5) is 10.1 Å². The number of aryl methyl sites for hydroxylation is 1. The number of nitrogens with zero attached hydrogens (tertiary/aromatic N) is 2. The molecule has 2 amide bonds. The monoisotopic (exact) mass is 397 g/mol. The van der Waals surface area contributed by atoms with Crippen molar-refractivity contribution in [3.05, 3.63) is 65.5 Å². The normalized spacial score (nSPS) is 14.6. The molecule has 2 aromatic carbocycles. The van der Waals surface area contributed by atoms with E-state index in [4.69, 9.17) is 0 Å². The number of anilines is 1. The molecule has 0 atom stereocenters. The van der Waals surface area contributed by atoms with Crippen LogP contribution in [0.15, 0.2) is 48.5 Å². The van der Waals surface area contributed by atoms with Gasteiger partial charge in [-0.2, -0.15) is 0 Å². The molecule has 2 aromatic rings. The Kier molecular flexibility index (Phi) is 7.36. The molecule has 0 radical (unpaired) electrons. The van der Waals surface area contributed by atoms with Crippen LogP contribution >= 0.6 is 0 Å². The maximum Gasteiger partial charge on any atom is 0.253 e. The molecule has 5 nitrogen and oxygen atoms in total. The quantitative estimate of drug-likeness (QED) is 0.727. The summed E-state index contributed by atoms with van der Waals surface area (Å²) >= 11 is 0. The number of nitrogens with one attached hydrogen (secondary N) is 1. The van der Waals surface area contributed by atoms with Crippen LogP contribution in [0.2, 0.25) is 0 Å². The third-order valence-corrected chi connectivity index (χ3v) is 5.24. The van der Waals surface area contributed by atoms with E-state index in [9.17, 15) is 14.0 Å². The molecule has 1 aliphatic rings. The summed E-state index contributed by atoms with van der Waals surface area (Å²) in [5.41, 5.74) is 2.42. The average molecular weight is 397 g/mol. The summed E-state index contributed by atoms with van der Waals surface area (Å²) in [6, 6.07) is 13.6. The van der Waals surface area contributed by atoms with Crippen LogP contribution in [0.3, 0.4) is 0 Å². The van der Waals surface area contributed by atoms with E-state index in [-0.39, 0.29) is 17.6 Å². The number of unbranched alkanes of at least 4 members (excludes halogenated alkanes) is 1. The summed E-state index contributed by atoms with van der Waals surface area (Å²) in [6.07, 6.45) is 2.90. The number of piperazine rings is 1. The number of carbonyl (C=O) groups is 2. The van der Waals surface area contributed by atoms with E-state index < -0.39 is 0 Å². The van der Waals surface area contributed by atoms with Crippen LogP contribution in [0, 0.1) is 5.82 Å². The van der Waals surface area contributed by atoms with E-state index in [1.807, 2.05) is 4.90 Å². The SMILES string of the molecule is CN1CCN(C(=O)c2ccc(NC(=O)CCCCc3ccc(F)cc3)cc2)CC1. The van der Waals surface area contributed by atoms with Gasteiger partial charge in [0.25, 0.3) is 5.91 Å². The molecule has 1 N–H and O–H groups in total. The minimum Gasteiger partial charge on any atom is -0.336 e. The first-order chi connectivity index (χ1) is 14.0. The van der Waals surface area contributed by atoms with Crippen molar-refractivity contribution in [2.75, 3.05) is 38.5 Å². The number of amides is 2. The zero-order valence-corrected chi connectivity index (χ0v) is 16.9. The predicted molar refractivity (Wildman–Crippen MR) is 112 cm³/mol. The third kappa shape index (κ3) is 6.39. The highest BCUT2D eigenvalue weighted by Crippen LogP contribution is 2.14. The lowest BCUT2D eigenvalue weighted by Crippen LogP contribution is -2.47. The molecule has 0 bridgehead atoms. The highest BCUT2D eigenvalue weighted by atomic mass is 19.1. The average Bonchev–Trinajstić information content (AvgIpc) is 2.73. The molecule has 154 valence electrons. The molecule has 6 heteroatoms. The van der Waals surface area contributed by atoms with Crippen molar-refractivity contribution in [3.63, 3.8) is 0 Å². The lowest BCUT2D eigenvalue weighted by molar-refractivity contribution is -0.116. The summed E-state index contributed by atoms with van der Waals surface area (Å²) < 4.78 is 12.9. The fourth-order valence-electron chi connectivity index (χ4n) is 3.38. The Hall–Kier alpha value is -2.73. The zero-order chi connectivity index (χ0) is 20.6. The Morgan fingerprint density at radius 3 is 2.24 bits per heavy atom. The lowest BCUT2D eigenvalue weighted by Gasteiger charge is -2.32. The Bertz CT molecular complexity index is 813. The summed E-state index contributed by atoms with van der Waals surface area (Å²) in [4.78, 5) is 28.8. The van der Waals surface area contributed by atoms with Crippen molar-refractivity contribution in [1.82, 2.24) is 9.80 Å². The number of halogens is 1. The van der Waals surface area contributed by atoms with E-state index in [1.54, 1.807) is 36.4 Å². The summed E-state index contributed by atoms with van der Waals surface area (Å²) in [7, 11) is 2.06. The van der Waals surface area contributed by atoms with E-state index in [1.165, 1.54) is 12.1 Å². The van der Waals surface area contributed by atoms with Crippen molar-refractivity contribution in [2.24, 2.45) is 0 Å². The Morgan fingerprint density at radius 1 is 0.931 bits per heavy atom. The second-order valence-electron chi connectivity index (χ2n) is 7.55. The fourth-order valence-corrected chi connectivity index (χ4v) is 3.38. The molecule has 0 unspecified atom stereocenters. The summed E-state index contributed by atoms with van der Waals surface area (Å²) in [6.45, 7) is 3.26. The van der Waals surface area contributed by atoms with Gasteiger partial charge in [0.15, 0.2) is 0 Å². The first-order valence-corrected chi connectivity index (χ1v) is 10.1. The summed E-state index contributed by atoms with van der Waals surface area (Å²) in [5.74, 6) is -0.233. The van der Waals surface area contributed by atoms with Crippen LogP contribution in [0.5, 0.6) is 0 Å². The van der Waals surface area contributed by atoms with Crippen LogP contribution in [0.1, 0.15) is 35.2 Å². The second-order valence-corrected chi connectivity index (χ2v) is 7.55. The van der Waals surface area contributed by atoms with Gasteiger partial charge in [0.05, 0.1) is 0 Å². The Balaban J connectivity index is 1.40. The van der Waals surface area contributed by atoms with Crippen molar-refractivity contribution in [1.29, 1.82) is 0 Å². The molecule has 3 rings (SSSR count). The van der Waals surface area contributed by atoms with Gasteiger partial charge < -0.3 is 15.1 Å². The number of hydrogen-bond acceptors (Lipinski definition) is 3. The molecular weight excluding hydrogens is 369 g/mol. The van der Waals surface area contributed by atoms with Crippen LogP contribution in [0.25, 0.3) is 0 Å². The number of likely N-dealkylation sites (N-methyl/N-ethyl adjacent to an activating group) is 1. The predicted octanol–water partition coefficient (Wildman–Crippen LogP) is 3.56. The van der Waals surface area contributed by atoms with Gasteiger partial charge in [0, 0.05) is 43.9 Å². The second kappa shape index (κ2) is 10.2. The van der Waals surface area contributed by atoms with E-state index in [2.05, 4.69) is 17.3 Å². The smallest absolute Gasteiger partial charge is 0.253 e. The maximum absolute atomic E-state index is 12.9. The van der Waals surface area contributed by atoms with Crippen LogP contribution in [-0.4, -0.2) is 54.8 Å². The fraction of sp³-hybridized carbons (Fsp3) is 0.391. The first kappa shape index (κ1) is 21.0. The van der Waals surface area contributed by atoms with Gasteiger partial charge in [0.1, 0.15) is 5.82 Å². The molecule has 0 aliphatic carbocycles. The molecule has 1 fully saturated rings. The maximum atomic E-state index is 12.9. The van der Waals surface area contributed by atoms with E-state index in [0.717, 1.165) is 51.0 Å². The van der Waals surface area contributed by atoms with Gasteiger partial charge in [-0.25, -0.2) is 4.39 Å². The number of benzene rings is 2. The highest BCUT2D eigenvalue weighted by molar-refractivity contribution is 5.95. The lowest BCUT2D eigenvalue weighted by atomic mass is 10.1. The van der Waals surface area contributed by atoms with Crippen LogP contribution in [-0.2, 0) is 11.2 Å². The molecule has 1 saturated heterocycles. The van der Waals surface area contributed by atoms with Gasteiger partial charge in [0.2, 0.25) is 5.91 Å². The largest absolute Gasteiger partial charge is 0.336 e. The number of hydrogen-bond donors (Lipinski definition) is 1. The van der Waals surface area contributed by atoms with Gasteiger partial charge in [-0.3, -0.25) is 9.59 Å². The Labute approximate surface area is 171 Å². The molecule has 29 heavy (non-hydrogen) atoms.